The number of nitrogens with zero attached hydrogens (tertiary/aromatic N) is 2. The minimum absolute atomic E-state index is 0.0479. The molecular formula is C16H19N3O3. The van der Waals surface area contributed by atoms with E-state index in [1.54, 1.807) is 7.11 Å². The van der Waals surface area contributed by atoms with Gasteiger partial charge < -0.3 is 14.6 Å². The van der Waals surface area contributed by atoms with Crippen molar-refractivity contribution in [3.05, 3.63) is 30.2 Å². The van der Waals surface area contributed by atoms with Gasteiger partial charge in [-0.05, 0) is 43.0 Å². The molecule has 6 heteroatoms. The zero-order valence-corrected chi connectivity index (χ0v) is 12.7. The maximum atomic E-state index is 11.9. The summed E-state index contributed by atoms with van der Waals surface area (Å²) in [4.78, 5) is 16.2. The van der Waals surface area contributed by atoms with Crippen molar-refractivity contribution < 1.29 is 14.1 Å². The van der Waals surface area contributed by atoms with Gasteiger partial charge in [-0.2, -0.15) is 4.98 Å². The standard InChI is InChI=1S/C16H19N3O3/c1-10(11-3-4-11)16(20)17-9-14-18-15(19-22-14)12-5-7-13(21-2)8-6-12/h5-8,10-11H,3-4,9H2,1-2H3,(H,17,20). The highest BCUT2D eigenvalue weighted by Gasteiger charge is 2.32. The molecule has 1 saturated carbocycles. The van der Waals surface area contributed by atoms with Gasteiger partial charge in [0, 0.05) is 11.5 Å². The van der Waals surface area contributed by atoms with Crippen LogP contribution in [0.2, 0.25) is 0 Å². The Balaban J connectivity index is 1.59. The normalized spacial score (nSPS) is 15.4. The lowest BCUT2D eigenvalue weighted by atomic mass is 10.1. The van der Waals surface area contributed by atoms with Gasteiger partial charge in [0.25, 0.3) is 0 Å². The molecule has 0 saturated heterocycles. The van der Waals surface area contributed by atoms with Crippen LogP contribution in [0.1, 0.15) is 25.7 Å². The summed E-state index contributed by atoms with van der Waals surface area (Å²) in [6, 6.07) is 7.40. The van der Waals surface area contributed by atoms with Crippen LogP contribution < -0.4 is 10.1 Å². The molecule has 1 heterocycles. The molecule has 0 bridgehead atoms. The van der Waals surface area contributed by atoms with Crippen molar-refractivity contribution in [1.29, 1.82) is 0 Å². The van der Waals surface area contributed by atoms with Crippen molar-refractivity contribution in [3.63, 3.8) is 0 Å². The maximum Gasteiger partial charge on any atom is 0.246 e. The van der Waals surface area contributed by atoms with E-state index >= 15 is 0 Å². The molecule has 116 valence electrons. The van der Waals surface area contributed by atoms with E-state index in [0.717, 1.165) is 24.2 Å². The number of carbonyl (C=O) groups excluding carboxylic acids is 1. The molecule has 2 aromatic rings. The molecule has 6 nitrogen and oxygen atoms in total. The first-order chi connectivity index (χ1) is 10.7. The predicted octanol–water partition coefficient (Wildman–Crippen LogP) is 2.41. The van der Waals surface area contributed by atoms with Crippen molar-refractivity contribution >= 4 is 5.91 Å². The predicted molar refractivity (Wildman–Crippen MR) is 80.0 cm³/mol. The number of benzene rings is 1. The third-order valence-electron chi connectivity index (χ3n) is 3.97. The van der Waals surface area contributed by atoms with Gasteiger partial charge in [-0.25, -0.2) is 0 Å². The first kappa shape index (κ1) is 14.6. The van der Waals surface area contributed by atoms with E-state index in [0.29, 0.717) is 17.6 Å². The van der Waals surface area contributed by atoms with Gasteiger partial charge in [0.1, 0.15) is 5.75 Å². The van der Waals surface area contributed by atoms with Gasteiger partial charge in [-0.1, -0.05) is 12.1 Å². The van der Waals surface area contributed by atoms with Crippen LogP contribution in [-0.4, -0.2) is 23.2 Å². The molecule has 1 N–H and O–H groups in total. The molecule has 0 radical (unpaired) electrons. The molecule has 1 aromatic carbocycles. The Morgan fingerprint density at radius 1 is 1.41 bits per heavy atom. The SMILES string of the molecule is COc1ccc(-c2noc(CNC(=O)C(C)C3CC3)n2)cc1. The first-order valence-corrected chi connectivity index (χ1v) is 7.42. The second-order valence-corrected chi connectivity index (χ2v) is 5.58. The lowest BCUT2D eigenvalue weighted by Gasteiger charge is -2.08. The molecule has 0 aliphatic heterocycles. The van der Waals surface area contributed by atoms with Gasteiger partial charge in [0.15, 0.2) is 0 Å². The van der Waals surface area contributed by atoms with Crippen LogP contribution in [0.25, 0.3) is 11.4 Å². The Labute approximate surface area is 128 Å². The largest absolute Gasteiger partial charge is 0.497 e. The lowest BCUT2D eigenvalue weighted by Crippen LogP contribution is -2.29. The van der Waals surface area contributed by atoms with Crippen LogP contribution in [-0.2, 0) is 11.3 Å². The highest BCUT2D eigenvalue weighted by atomic mass is 16.5. The van der Waals surface area contributed by atoms with Crippen LogP contribution in [0, 0.1) is 11.8 Å². The summed E-state index contributed by atoms with van der Waals surface area (Å²) in [5, 5.41) is 6.78. The molecule has 1 aliphatic rings. The van der Waals surface area contributed by atoms with Gasteiger partial charge in [0.2, 0.25) is 17.6 Å². The van der Waals surface area contributed by atoms with Gasteiger partial charge in [-0.3, -0.25) is 4.79 Å². The second kappa shape index (κ2) is 6.17. The minimum Gasteiger partial charge on any atom is -0.497 e. The fourth-order valence-electron chi connectivity index (χ4n) is 2.32. The van der Waals surface area contributed by atoms with E-state index in [-0.39, 0.29) is 18.4 Å². The van der Waals surface area contributed by atoms with Crippen LogP contribution >= 0.6 is 0 Å². The Morgan fingerprint density at radius 3 is 2.77 bits per heavy atom. The molecule has 1 unspecified atom stereocenters. The third-order valence-corrected chi connectivity index (χ3v) is 3.97. The van der Waals surface area contributed by atoms with E-state index in [9.17, 15) is 4.79 Å². The van der Waals surface area contributed by atoms with E-state index in [1.807, 2.05) is 31.2 Å². The summed E-state index contributed by atoms with van der Waals surface area (Å²) in [7, 11) is 1.62. The number of aromatic nitrogens is 2. The Morgan fingerprint density at radius 2 is 2.14 bits per heavy atom. The average Bonchev–Trinajstić information content (AvgIpc) is 3.30. The number of ether oxygens (including phenoxy) is 1. The van der Waals surface area contributed by atoms with Crippen LogP contribution in [0.15, 0.2) is 28.8 Å². The highest BCUT2D eigenvalue weighted by Crippen LogP contribution is 2.36. The maximum absolute atomic E-state index is 11.9. The second-order valence-electron chi connectivity index (χ2n) is 5.58. The van der Waals surface area contributed by atoms with E-state index in [4.69, 9.17) is 9.26 Å². The molecule has 1 fully saturated rings. The van der Waals surface area contributed by atoms with Crippen molar-refractivity contribution in [1.82, 2.24) is 15.5 Å². The zero-order valence-electron chi connectivity index (χ0n) is 12.7. The van der Waals surface area contributed by atoms with Gasteiger partial charge >= 0.3 is 0 Å². The molecule has 0 spiro atoms. The summed E-state index contributed by atoms with van der Waals surface area (Å²) in [6.45, 7) is 2.22. The fraction of sp³-hybridized carbons (Fsp3) is 0.438. The molecule has 1 aromatic heterocycles. The topological polar surface area (TPSA) is 77.3 Å². The van der Waals surface area contributed by atoms with Crippen molar-refractivity contribution in [2.75, 3.05) is 7.11 Å². The summed E-state index contributed by atoms with van der Waals surface area (Å²) in [6.07, 6.45) is 2.30. The third kappa shape index (κ3) is 3.27. The molecule has 1 aliphatic carbocycles. The molecular weight excluding hydrogens is 282 g/mol. The molecule has 1 amide bonds. The van der Waals surface area contributed by atoms with Crippen LogP contribution in [0.3, 0.4) is 0 Å². The summed E-state index contributed by atoms with van der Waals surface area (Å²) < 4.78 is 10.3. The minimum atomic E-state index is 0.0479. The average molecular weight is 301 g/mol. The smallest absolute Gasteiger partial charge is 0.246 e. The Kier molecular flexibility index (Phi) is 4.09. The lowest BCUT2D eigenvalue weighted by molar-refractivity contribution is -0.125. The number of hydrogen-bond donors (Lipinski definition) is 1. The van der Waals surface area contributed by atoms with Crippen molar-refractivity contribution in [3.8, 4) is 17.1 Å². The number of amides is 1. The Hall–Kier alpha value is -2.37. The Bertz CT molecular complexity index is 647. The number of hydrogen-bond acceptors (Lipinski definition) is 5. The summed E-state index contributed by atoms with van der Waals surface area (Å²) in [5.41, 5.74) is 0.841. The number of carbonyl (C=O) groups is 1. The number of methoxy groups -OCH3 is 1. The highest BCUT2D eigenvalue weighted by molar-refractivity contribution is 5.78. The van der Waals surface area contributed by atoms with Gasteiger partial charge in [0.05, 0.1) is 13.7 Å². The van der Waals surface area contributed by atoms with E-state index < -0.39 is 0 Å². The van der Waals surface area contributed by atoms with Crippen molar-refractivity contribution in [2.45, 2.75) is 26.3 Å². The quantitative estimate of drug-likeness (QED) is 0.886. The number of rotatable bonds is 6. The molecule has 22 heavy (non-hydrogen) atoms. The van der Waals surface area contributed by atoms with E-state index in [2.05, 4.69) is 15.5 Å². The van der Waals surface area contributed by atoms with Crippen molar-refractivity contribution in [2.24, 2.45) is 11.8 Å². The van der Waals surface area contributed by atoms with E-state index in [1.165, 1.54) is 0 Å². The molecule has 3 rings (SSSR count). The van der Waals surface area contributed by atoms with Crippen LogP contribution in [0.4, 0.5) is 0 Å². The monoisotopic (exact) mass is 301 g/mol. The van der Waals surface area contributed by atoms with Crippen LogP contribution in [0.5, 0.6) is 5.75 Å². The summed E-state index contributed by atoms with van der Waals surface area (Å²) in [5.74, 6) is 2.33. The fourth-order valence-corrected chi connectivity index (χ4v) is 2.32. The molecule has 1 atom stereocenters. The summed E-state index contributed by atoms with van der Waals surface area (Å²) >= 11 is 0. The first-order valence-electron chi connectivity index (χ1n) is 7.42. The van der Waals surface area contributed by atoms with Gasteiger partial charge in [-0.15, -0.1) is 0 Å². The number of nitrogens with one attached hydrogen (secondary N) is 1. The zero-order chi connectivity index (χ0) is 15.5.